The third kappa shape index (κ3) is 5.95. The van der Waals surface area contributed by atoms with Gasteiger partial charge in [-0.2, -0.15) is 0 Å². The number of Topliss-reactive ketones (excluding diaryl/α,β-unsaturated/α-hetero) is 1. The minimum absolute atomic E-state index is 0.120. The molecule has 1 heterocycles. The summed E-state index contributed by atoms with van der Waals surface area (Å²) in [6.45, 7) is 17.1. The molecule has 2 amide bonds. The molecule has 42 heavy (non-hydrogen) atoms. The van der Waals surface area contributed by atoms with Crippen molar-refractivity contribution >= 4 is 29.0 Å². The number of allylic oxidation sites excluding steroid dienone is 5. The van der Waals surface area contributed by atoms with Crippen LogP contribution >= 0.6 is 0 Å². The summed E-state index contributed by atoms with van der Waals surface area (Å²) in [5.74, 6) is -1.26. The Morgan fingerprint density at radius 1 is 1.07 bits per heavy atom. The monoisotopic (exact) mass is 577 g/mol. The molecule has 1 atom stereocenters. The largest absolute Gasteiger partial charge is 0.507 e. The van der Waals surface area contributed by atoms with Gasteiger partial charge in [0.15, 0.2) is 17.4 Å². The zero-order chi connectivity index (χ0) is 31.0. The number of likely N-dealkylation sites (N-methyl/N-ethyl adjacent to an activating group) is 1. The molecule has 0 aromatic heterocycles. The Balaban J connectivity index is 1.76. The lowest BCUT2D eigenvalue weighted by Gasteiger charge is -2.30. The minimum atomic E-state index is -0.835. The first-order valence-electron chi connectivity index (χ1n) is 15.7. The average molecular weight is 578 g/mol. The Morgan fingerprint density at radius 3 is 2.26 bits per heavy atom. The molecule has 0 bridgehead atoms. The molecule has 1 aliphatic heterocycles. The highest BCUT2D eigenvalue weighted by molar-refractivity contribution is 6.31. The standard InChI is InChI=1S/C34H48N4O4/c1-9-34(7,8)32(42)35-25-20-22(37(10-2)11-3)17-18-23(25)26-29(39)28(30(26)40)27-24(19-16-21-14-12-13-15-21)36-38(31(27)41)33(4,5)6/h17-18,20-21,27,39H,9-16,19H2,1-8H3/p+1/b26-23-,35-25?. The van der Waals surface area contributed by atoms with Crippen molar-refractivity contribution < 1.29 is 24.6 Å². The number of aliphatic imine (C=N–C) groups is 1. The summed E-state index contributed by atoms with van der Waals surface area (Å²) >= 11 is 0. The van der Waals surface area contributed by atoms with Gasteiger partial charge in [-0.15, -0.1) is 10.1 Å². The van der Waals surface area contributed by atoms with Crippen LogP contribution in [0.15, 0.2) is 51.4 Å². The lowest BCUT2D eigenvalue weighted by atomic mass is 9.74. The van der Waals surface area contributed by atoms with Crippen molar-refractivity contribution in [3.05, 3.63) is 46.4 Å². The second-order valence-corrected chi connectivity index (χ2v) is 13.6. The van der Waals surface area contributed by atoms with E-state index in [-0.39, 0.29) is 34.5 Å². The summed E-state index contributed by atoms with van der Waals surface area (Å²) in [7, 11) is 0. The lowest BCUT2D eigenvalue weighted by Crippen LogP contribution is -2.85. The van der Waals surface area contributed by atoms with E-state index in [1.54, 1.807) is 11.1 Å². The molecule has 2 N–H and O–H groups in total. The molecule has 1 unspecified atom stereocenters. The molecule has 3 aliphatic carbocycles. The molecule has 4 aliphatic rings. The first-order chi connectivity index (χ1) is 19.7. The van der Waals surface area contributed by atoms with Crippen molar-refractivity contribution in [1.82, 2.24) is 9.91 Å². The number of hydrazine groups is 1. The molecule has 4 rings (SSSR count). The van der Waals surface area contributed by atoms with Crippen molar-refractivity contribution in [2.45, 2.75) is 106 Å². The van der Waals surface area contributed by atoms with Gasteiger partial charge in [0.05, 0.1) is 22.4 Å². The molecule has 0 aromatic carbocycles. The summed E-state index contributed by atoms with van der Waals surface area (Å²) in [5, 5.41) is 16.4. The van der Waals surface area contributed by atoms with Gasteiger partial charge in [0, 0.05) is 36.2 Å². The molecule has 8 nitrogen and oxygen atoms in total. The van der Waals surface area contributed by atoms with Gasteiger partial charge in [-0.1, -0.05) is 46.5 Å². The summed E-state index contributed by atoms with van der Waals surface area (Å²) in [6, 6.07) is 0. The Morgan fingerprint density at radius 2 is 1.71 bits per heavy atom. The fourth-order valence-electron chi connectivity index (χ4n) is 6.16. The van der Waals surface area contributed by atoms with Gasteiger partial charge in [0.25, 0.3) is 11.8 Å². The molecule has 1 fully saturated rings. The molecule has 1 saturated carbocycles. The average Bonchev–Trinajstić information content (AvgIpc) is 3.57. The summed E-state index contributed by atoms with van der Waals surface area (Å²) in [6.07, 6.45) is 12.6. The van der Waals surface area contributed by atoms with Crippen LogP contribution in [0.4, 0.5) is 0 Å². The van der Waals surface area contributed by atoms with E-state index >= 15 is 0 Å². The maximum Gasteiger partial charge on any atom is 0.295 e. The second-order valence-electron chi connectivity index (χ2n) is 13.6. The summed E-state index contributed by atoms with van der Waals surface area (Å²) < 4.78 is 0. The van der Waals surface area contributed by atoms with Gasteiger partial charge in [-0.3, -0.25) is 14.4 Å². The van der Waals surface area contributed by atoms with Crippen LogP contribution in [0.2, 0.25) is 0 Å². The van der Waals surface area contributed by atoms with Crippen molar-refractivity contribution in [2.75, 3.05) is 13.1 Å². The second kappa shape index (κ2) is 12.1. The van der Waals surface area contributed by atoms with Crippen molar-refractivity contribution in [3.63, 3.8) is 0 Å². The highest BCUT2D eigenvalue weighted by atomic mass is 16.3. The molecular formula is C34H49N4O4+. The minimum Gasteiger partial charge on any atom is -0.507 e. The van der Waals surface area contributed by atoms with Crippen LogP contribution in [-0.2, 0) is 14.4 Å². The number of hydrazone groups is 1. The molecule has 0 spiro atoms. The van der Waals surface area contributed by atoms with E-state index in [0.717, 1.165) is 30.9 Å². The summed E-state index contributed by atoms with van der Waals surface area (Å²) in [5.41, 5.74) is 1.52. The van der Waals surface area contributed by atoms with Gasteiger partial charge >= 0.3 is 0 Å². The van der Waals surface area contributed by atoms with Crippen LogP contribution in [0, 0.1) is 17.3 Å². The normalized spacial score (nSPS) is 24.5. The summed E-state index contributed by atoms with van der Waals surface area (Å²) in [4.78, 5) is 47.4. The maximum atomic E-state index is 13.9. The van der Waals surface area contributed by atoms with E-state index in [4.69, 9.17) is 0 Å². The predicted molar refractivity (Wildman–Crippen MR) is 166 cm³/mol. The van der Waals surface area contributed by atoms with Crippen LogP contribution in [0.1, 0.15) is 100 Å². The maximum absolute atomic E-state index is 13.9. The number of nitrogens with zero attached hydrogens (tertiary/aromatic N) is 3. The van der Waals surface area contributed by atoms with E-state index in [2.05, 4.69) is 28.8 Å². The smallest absolute Gasteiger partial charge is 0.295 e. The number of carbonyl (C=O) groups excluding carboxylic acids is 3. The highest BCUT2D eigenvalue weighted by Gasteiger charge is 2.55. The number of hydrogen-bond donors (Lipinski definition) is 2. The first-order valence-corrected chi connectivity index (χ1v) is 15.7. The predicted octanol–water partition coefficient (Wildman–Crippen LogP) is 4.54. The van der Waals surface area contributed by atoms with E-state index < -0.39 is 16.9 Å². The Labute approximate surface area is 251 Å². The van der Waals surface area contributed by atoms with Gasteiger partial charge in [-0.05, 0) is 71.6 Å². The van der Waals surface area contributed by atoms with Crippen LogP contribution in [0.5, 0.6) is 0 Å². The number of hydrogen-bond acceptors (Lipinski definition) is 5. The fourth-order valence-corrected chi connectivity index (χ4v) is 6.16. The van der Waals surface area contributed by atoms with Crippen molar-refractivity contribution in [1.29, 1.82) is 0 Å². The van der Waals surface area contributed by atoms with Gasteiger partial charge < -0.3 is 10.0 Å². The number of nitrogens with one attached hydrogen (secondary N) is 1. The van der Waals surface area contributed by atoms with E-state index in [0.29, 0.717) is 30.0 Å². The molecule has 8 heteroatoms. The fraction of sp³-hybridized carbons (Fsp3) is 0.618. The van der Waals surface area contributed by atoms with Crippen molar-refractivity contribution in [2.24, 2.45) is 22.2 Å². The quantitative estimate of drug-likeness (QED) is 0.392. The molecule has 0 saturated heterocycles. The number of ketones is 1. The Bertz CT molecular complexity index is 1330. The number of rotatable bonds is 9. The van der Waals surface area contributed by atoms with Gasteiger partial charge in [0.2, 0.25) is 0 Å². The highest BCUT2D eigenvalue weighted by Crippen LogP contribution is 2.41. The van der Waals surface area contributed by atoms with Crippen LogP contribution in [0.3, 0.4) is 0 Å². The Hall–Kier alpha value is -3.29. The van der Waals surface area contributed by atoms with Crippen LogP contribution in [-0.4, -0.2) is 62.7 Å². The zero-order valence-electron chi connectivity index (χ0n) is 26.8. The molecule has 0 radical (unpaired) electrons. The number of amides is 2. The van der Waals surface area contributed by atoms with E-state index in [1.807, 2.05) is 53.7 Å². The number of aliphatic hydroxyl groups excluding tert-OH is 1. The number of aliphatic hydroxyl groups is 1. The zero-order valence-corrected chi connectivity index (χ0v) is 26.8. The van der Waals surface area contributed by atoms with E-state index in [9.17, 15) is 19.5 Å². The molecule has 228 valence electrons. The lowest BCUT2D eigenvalue weighted by molar-refractivity contribution is -0.634. The first kappa shape index (κ1) is 31.6. The van der Waals surface area contributed by atoms with Crippen LogP contribution in [0.25, 0.3) is 0 Å². The Kier molecular flexibility index (Phi) is 9.14. The van der Waals surface area contributed by atoms with Crippen molar-refractivity contribution in [3.8, 4) is 0 Å². The third-order valence-corrected chi connectivity index (χ3v) is 9.36. The van der Waals surface area contributed by atoms with Crippen LogP contribution < -0.4 is 5.10 Å². The third-order valence-electron chi connectivity index (χ3n) is 9.36. The topological polar surface area (TPSA) is 104 Å². The number of carbonyl (C=O) groups is 3. The SMILES string of the molecule is CCN(CC)C1=CC(=NC(=O)C(C)(C)CC)/C(=C2\C(=O)C(C3C(=O)N(C(C)(C)C)[NH+]=C3CCC3CCCC3)=C2O)C=C1. The van der Waals surface area contributed by atoms with Gasteiger partial charge in [0.1, 0.15) is 5.76 Å². The van der Waals surface area contributed by atoms with Gasteiger partial charge in [-0.25, -0.2) is 4.99 Å². The molecular weight excluding hydrogens is 528 g/mol. The molecule has 0 aromatic rings. The van der Waals surface area contributed by atoms with E-state index in [1.165, 1.54) is 25.7 Å².